The number of carbonyl (C=O) groups is 1. The number of nitrogens with zero attached hydrogens (tertiary/aromatic N) is 4. The molecule has 0 aliphatic rings. The zero-order chi connectivity index (χ0) is 17.9. The third-order valence-electron chi connectivity index (χ3n) is 4.15. The number of nitrogens with one attached hydrogen (secondary N) is 1. The van der Waals surface area contributed by atoms with Crippen molar-refractivity contribution in [3.63, 3.8) is 0 Å². The number of amides is 1. The van der Waals surface area contributed by atoms with Gasteiger partial charge in [-0.25, -0.2) is 9.67 Å². The molecule has 4 aromatic rings. The molecule has 1 N–H and O–H groups in total. The summed E-state index contributed by atoms with van der Waals surface area (Å²) in [6.07, 6.45) is 5.02. The van der Waals surface area contributed by atoms with Crippen LogP contribution >= 0.6 is 0 Å². The number of hydrogen-bond acceptors (Lipinski definition) is 4. The maximum atomic E-state index is 12.4. The van der Waals surface area contributed by atoms with Gasteiger partial charge in [-0.3, -0.25) is 9.78 Å². The van der Waals surface area contributed by atoms with E-state index in [1.54, 1.807) is 35.4 Å². The molecule has 0 aliphatic heterocycles. The van der Waals surface area contributed by atoms with E-state index < -0.39 is 0 Å². The normalized spacial score (nSPS) is 10.8. The van der Waals surface area contributed by atoms with Crippen LogP contribution in [0.25, 0.3) is 22.2 Å². The van der Waals surface area contributed by atoms with Crippen molar-refractivity contribution in [2.24, 2.45) is 0 Å². The Kier molecular flexibility index (Phi) is 4.15. The number of fused-ring (bicyclic) bond motifs is 1. The summed E-state index contributed by atoms with van der Waals surface area (Å²) in [4.78, 5) is 20.8. The van der Waals surface area contributed by atoms with Gasteiger partial charge in [-0.1, -0.05) is 30.3 Å². The van der Waals surface area contributed by atoms with Gasteiger partial charge in [-0.2, -0.15) is 5.10 Å². The molecule has 6 heteroatoms. The monoisotopic (exact) mass is 343 g/mol. The number of benzene rings is 1. The summed E-state index contributed by atoms with van der Waals surface area (Å²) in [6, 6.07) is 15.6. The molecule has 0 saturated carbocycles. The highest BCUT2D eigenvalue weighted by molar-refractivity contribution is 5.96. The van der Waals surface area contributed by atoms with Gasteiger partial charge in [0.15, 0.2) is 5.65 Å². The van der Waals surface area contributed by atoms with Crippen molar-refractivity contribution in [2.45, 2.75) is 13.5 Å². The molecule has 0 radical (unpaired) electrons. The molecule has 4 rings (SSSR count). The lowest BCUT2D eigenvalue weighted by atomic mass is 10.0. The predicted molar refractivity (Wildman–Crippen MR) is 101 cm³/mol. The summed E-state index contributed by atoms with van der Waals surface area (Å²) in [7, 11) is 0. The van der Waals surface area contributed by atoms with Crippen LogP contribution in [0, 0.1) is 6.92 Å². The maximum absolute atomic E-state index is 12.4. The molecule has 0 atom stereocenters. The SMILES string of the molecule is Cc1nn(CC(=O)Nc2ccncc2)c2nccc(-c3ccccc3)c12. The summed E-state index contributed by atoms with van der Waals surface area (Å²) in [5, 5.41) is 8.35. The molecule has 3 heterocycles. The maximum Gasteiger partial charge on any atom is 0.246 e. The molecule has 128 valence electrons. The van der Waals surface area contributed by atoms with Crippen LogP contribution in [0.5, 0.6) is 0 Å². The number of hydrogen-bond donors (Lipinski definition) is 1. The summed E-state index contributed by atoms with van der Waals surface area (Å²) in [5.41, 5.74) is 4.42. The molecule has 26 heavy (non-hydrogen) atoms. The fourth-order valence-electron chi connectivity index (χ4n) is 3.02. The van der Waals surface area contributed by atoms with Gasteiger partial charge in [-0.05, 0) is 36.2 Å². The largest absolute Gasteiger partial charge is 0.324 e. The third kappa shape index (κ3) is 3.04. The van der Waals surface area contributed by atoms with Crippen molar-refractivity contribution in [3.05, 3.63) is 72.8 Å². The minimum Gasteiger partial charge on any atom is -0.324 e. The van der Waals surface area contributed by atoms with E-state index in [0.717, 1.165) is 22.2 Å². The second kappa shape index (κ2) is 6.76. The van der Waals surface area contributed by atoms with E-state index in [2.05, 4.69) is 32.5 Å². The van der Waals surface area contributed by atoms with Crippen LogP contribution in [0.15, 0.2) is 67.1 Å². The van der Waals surface area contributed by atoms with E-state index in [9.17, 15) is 4.79 Å². The second-order valence-corrected chi connectivity index (χ2v) is 5.95. The topological polar surface area (TPSA) is 72.7 Å². The molecule has 0 bridgehead atoms. The average Bonchev–Trinajstić information content (AvgIpc) is 2.99. The van der Waals surface area contributed by atoms with Gasteiger partial charge in [-0.15, -0.1) is 0 Å². The van der Waals surface area contributed by atoms with Crippen molar-refractivity contribution in [1.82, 2.24) is 19.7 Å². The van der Waals surface area contributed by atoms with Crippen LogP contribution < -0.4 is 5.32 Å². The van der Waals surface area contributed by atoms with Crippen LogP contribution in [0.1, 0.15) is 5.69 Å². The van der Waals surface area contributed by atoms with E-state index in [1.165, 1.54) is 0 Å². The van der Waals surface area contributed by atoms with Gasteiger partial charge in [0, 0.05) is 29.7 Å². The van der Waals surface area contributed by atoms with Crippen LogP contribution in [-0.4, -0.2) is 25.7 Å². The van der Waals surface area contributed by atoms with Gasteiger partial charge < -0.3 is 5.32 Å². The van der Waals surface area contributed by atoms with Gasteiger partial charge in [0.1, 0.15) is 6.54 Å². The predicted octanol–water partition coefficient (Wildman–Crippen LogP) is 3.44. The van der Waals surface area contributed by atoms with E-state index in [4.69, 9.17) is 0 Å². The van der Waals surface area contributed by atoms with Gasteiger partial charge in [0.2, 0.25) is 5.91 Å². The van der Waals surface area contributed by atoms with Gasteiger partial charge >= 0.3 is 0 Å². The summed E-state index contributed by atoms with van der Waals surface area (Å²) < 4.78 is 1.65. The number of aromatic nitrogens is 4. The van der Waals surface area contributed by atoms with Crippen molar-refractivity contribution in [2.75, 3.05) is 5.32 Å². The fourth-order valence-corrected chi connectivity index (χ4v) is 3.02. The third-order valence-corrected chi connectivity index (χ3v) is 4.15. The first-order chi connectivity index (χ1) is 12.7. The Morgan fingerprint density at radius 3 is 2.58 bits per heavy atom. The fraction of sp³-hybridized carbons (Fsp3) is 0.100. The molecule has 0 unspecified atom stereocenters. The average molecular weight is 343 g/mol. The number of pyridine rings is 2. The number of carbonyl (C=O) groups excluding carboxylic acids is 1. The van der Waals surface area contributed by atoms with Gasteiger partial charge in [0.25, 0.3) is 0 Å². The second-order valence-electron chi connectivity index (χ2n) is 5.95. The molecular formula is C20H17N5O. The molecule has 0 aliphatic carbocycles. The van der Waals surface area contributed by atoms with E-state index in [1.807, 2.05) is 31.2 Å². The smallest absolute Gasteiger partial charge is 0.246 e. The number of rotatable bonds is 4. The highest BCUT2D eigenvalue weighted by Gasteiger charge is 2.15. The summed E-state index contributed by atoms with van der Waals surface area (Å²) in [5.74, 6) is -0.160. The van der Waals surface area contributed by atoms with E-state index in [0.29, 0.717) is 11.3 Å². The number of anilines is 1. The zero-order valence-corrected chi connectivity index (χ0v) is 14.3. The first-order valence-corrected chi connectivity index (χ1v) is 8.30. The highest BCUT2D eigenvalue weighted by atomic mass is 16.2. The molecular weight excluding hydrogens is 326 g/mol. The Morgan fingerprint density at radius 2 is 1.81 bits per heavy atom. The van der Waals surface area contributed by atoms with E-state index >= 15 is 0 Å². The molecule has 0 saturated heterocycles. The molecule has 6 nitrogen and oxygen atoms in total. The number of aryl methyl sites for hydroxylation is 1. The quantitative estimate of drug-likeness (QED) is 0.616. The lowest BCUT2D eigenvalue weighted by Crippen LogP contribution is -2.19. The molecule has 1 amide bonds. The highest BCUT2D eigenvalue weighted by Crippen LogP contribution is 2.29. The zero-order valence-electron chi connectivity index (χ0n) is 14.3. The molecule has 0 spiro atoms. The lowest BCUT2D eigenvalue weighted by Gasteiger charge is -2.06. The Hall–Kier alpha value is -3.54. The van der Waals surface area contributed by atoms with Crippen LogP contribution in [-0.2, 0) is 11.3 Å². The summed E-state index contributed by atoms with van der Waals surface area (Å²) >= 11 is 0. The minimum atomic E-state index is -0.160. The van der Waals surface area contributed by atoms with Crippen LogP contribution in [0.3, 0.4) is 0 Å². The Balaban J connectivity index is 1.68. The molecule has 0 fully saturated rings. The molecule has 1 aromatic carbocycles. The van der Waals surface area contributed by atoms with Gasteiger partial charge in [0.05, 0.1) is 5.69 Å². The first kappa shape index (κ1) is 16.0. The van der Waals surface area contributed by atoms with Crippen molar-refractivity contribution < 1.29 is 4.79 Å². The standard InChI is InChI=1S/C20H17N5O/c1-14-19-17(15-5-3-2-4-6-15)9-12-22-20(19)25(24-14)13-18(26)23-16-7-10-21-11-8-16/h2-12H,13H2,1H3,(H,21,23,26). The Bertz CT molecular complexity index is 1060. The van der Waals surface area contributed by atoms with Crippen molar-refractivity contribution in [1.29, 1.82) is 0 Å². The Morgan fingerprint density at radius 1 is 1.04 bits per heavy atom. The summed E-state index contributed by atoms with van der Waals surface area (Å²) in [6.45, 7) is 2.03. The first-order valence-electron chi connectivity index (χ1n) is 8.30. The molecule has 3 aromatic heterocycles. The van der Waals surface area contributed by atoms with Crippen molar-refractivity contribution in [3.8, 4) is 11.1 Å². The van der Waals surface area contributed by atoms with Crippen LogP contribution in [0.4, 0.5) is 5.69 Å². The van der Waals surface area contributed by atoms with E-state index in [-0.39, 0.29) is 12.5 Å². The Labute approximate surface area is 150 Å². The minimum absolute atomic E-state index is 0.0951. The lowest BCUT2D eigenvalue weighted by molar-refractivity contribution is -0.116. The van der Waals surface area contributed by atoms with Crippen LogP contribution in [0.2, 0.25) is 0 Å². The van der Waals surface area contributed by atoms with Crippen molar-refractivity contribution >= 4 is 22.6 Å².